The summed E-state index contributed by atoms with van der Waals surface area (Å²) < 4.78 is 6.32. The Balaban J connectivity index is 1.88. The maximum Gasteiger partial charge on any atom is 0.385 e. The summed E-state index contributed by atoms with van der Waals surface area (Å²) in [6.45, 7) is 3.60. The molecule has 7 heteroatoms. The molecule has 128 valence electrons. The second-order valence-corrected chi connectivity index (χ2v) is 6.19. The van der Waals surface area contributed by atoms with Crippen LogP contribution in [0.1, 0.15) is 22.4 Å². The van der Waals surface area contributed by atoms with E-state index >= 15 is 0 Å². The van der Waals surface area contributed by atoms with E-state index in [1.54, 1.807) is 37.3 Å². The molecule has 0 radical (unpaired) electrons. The number of H-pyrrole nitrogens is 1. The van der Waals surface area contributed by atoms with Gasteiger partial charge in [0.15, 0.2) is 11.9 Å². The van der Waals surface area contributed by atoms with Gasteiger partial charge in [-0.05, 0) is 43.2 Å². The van der Waals surface area contributed by atoms with Gasteiger partial charge >= 0.3 is 5.88 Å². The lowest BCUT2D eigenvalue weighted by molar-refractivity contribution is -0.611. The number of aryl methyl sites for hydroxylation is 2. The third kappa shape index (κ3) is 3.97. The molecule has 0 atom stereocenters. The minimum atomic E-state index is -0.205. The number of hydrogen-bond acceptors (Lipinski definition) is 4. The third-order valence-corrected chi connectivity index (χ3v) is 3.99. The number of benzene rings is 1. The summed E-state index contributed by atoms with van der Waals surface area (Å²) in [4.78, 5) is 11.4. The summed E-state index contributed by atoms with van der Waals surface area (Å²) >= 11 is 6.19. The molecule has 0 saturated heterocycles. The van der Waals surface area contributed by atoms with Crippen LogP contribution < -0.4 is 15.0 Å². The predicted octanol–water partition coefficient (Wildman–Crippen LogP) is 3.06. The Kier molecular flexibility index (Phi) is 4.72. The van der Waals surface area contributed by atoms with E-state index in [9.17, 15) is 10.0 Å². The monoisotopic (exact) mass is 357 g/mol. The maximum absolute atomic E-state index is 11.8. The number of pyridine rings is 1. The second-order valence-electron chi connectivity index (χ2n) is 5.78. The number of nitrogens with one attached hydrogen (secondary N) is 1. The zero-order chi connectivity index (χ0) is 18.0. The smallest absolute Gasteiger partial charge is 0.385 e. The molecule has 6 nitrogen and oxygen atoms in total. The van der Waals surface area contributed by atoms with Crippen molar-refractivity contribution in [2.45, 2.75) is 20.3 Å². The summed E-state index contributed by atoms with van der Waals surface area (Å²) in [6, 6.07) is 10.4. The molecule has 25 heavy (non-hydrogen) atoms. The van der Waals surface area contributed by atoms with E-state index in [1.165, 1.54) is 6.20 Å². The van der Waals surface area contributed by atoms with Crippen molar-refractivity contribution in [1.29, 1.82) is 0 Å². The van der Waals surface area contributed by atoms with Gasteiger partial charge in [0.2, 0.25) is 0 Å². The lowest BCUT2D eigenvalue weighted by Gasteiger charge is -2.10. The first kappa shape index (κ1) is 17.0. The molecule has 0 unspecified atom stereocenters. The first-order chi connectivity index (χ1) is 11.9. The second kappa shape index (κ2) is 6.94. The Morgan fingerprint density at radius 3 is 2.80 bits per heavy atom. The first-order valence-electron chi connectivity index (χ1n) is 7.63. The zero-order valence-electron chi connectivity index (χ0n) is 13.7. The lowest BCUT2D eigenvalue weighted by Crippen LogP contribution is -2.27. The van der Waals surface area contributed by atoms with Crippen molar-refractivity contribution in [3.63, 3.8) is 0 Å². The molecule has 0 aliphatic heterocycles. The molecule has 1 aromatic carbocycles. The van der Waals surface area contributed by atoms with E-state index in [4.69, 9.17) is 16.3 Å². The summed E-state index contributed by atoms with van der Waals surface area (Å²) in [5.41, 5.74) is 2.91. The average molecular weight is 358 g/mol. The van der Waals surface area contributed by atoms with Gasteiger partial charge in [-0.1, -0.05) is 17.7 Å². The number of rotatable bonds is 4. The van der Waals surface area contributed by atoms with Gasteiger partial charge in [-0.25, -0.2) is 5.10 Å². The molecule has 0 fully saturated rings. The third-order valence-electron chi connectivity index (χ3n) is 3.68. The van der Waals surface area contributed by atoms with Crippen LogP contribution in [0.3, 0.4) is 0 Å². The Morgan fingerprint density at radius 1 is 1.24 bits per heavy atom. The highest BCUT2D eigenvalue weighted by Gasteiger charge is 2.12. The Hall–Kier alpha value is -2.86. The predicted molar refractivity (Wildman–Crippen MR) is 94.1 cm³/mol. The SMILES string of the molecule is Cc1cc[n+]([O-])c(Oc2cc(Cc3cc(C)c(=O)[nH]n3)ccc2Cl)c1. The summed E-state index contributed by atoms with van der Waals surface area (Å²) in [5.74, 6) is 0.535. The van der Waals surface area contributed by atoms with Crippen molar-refractivity contribution in [2.24, 2.45) is 0 Å². The van der Waals surface area contributed by atoms with E-state index < -0.39 is 0 Å². The van der Waals surface area contributed by atoms with Gasteiger partial charge in [0.05, 0.1) is 16.8 Å². The van der Waals surface area contributed by atoms with Crippen molar-refractivity contribution >= 4 is 11.6 Å². The van der Waals surface area contributed by atoms with Crippen molar-refractivity contribution in [2.75, 3.05) is 0 Å². The molecule has 0 amide bonds. The number of aromatic amines is 1. The van der Waals surface area contributed by atoms with Crippen LogP contribution in [0.25, 0.3) is 0 Å². The number of halogens is 1. The molecular formula is C18H16ClN3O3. The molecule has 0 bridgehead atoms. The minimum Gasteiger partial charge on any atom is -0.616 e. The van der Waals surface area contributed by atoms with Crippen LogP contribution in [-0.4, -0.2) is 10.2 Å². The van der Waals surface area contributed by atoms with Gasteiger partial charge in [-0.3, -0.25) is 4.79 Å². The topological polar surface area (TPSA) is 81.9 Å². The molecule has 3 rings (SSSR count). The van der Waals surface area contributed by atoms with Gasteiger partial charge in [0, 0.05) is 18.1 Å². The fourth-order valence-electron chi connectivity index (χ4n) is 2.35. The van der Waals surface area contributed by atoms with E-state index in [-0.39, 0.29) is 11.4 Å². The van der Waals surface area contributed by atoms with Crippen molar-refractivity contribution in [1.82, 2.24) is 10.2 Å². The highest BCUT2D eigenvalue weighted by Crippen LogP contribution is 2.29. The molecule has 1 N–H and O–H groups in total. The van der Waals surface area contributed by atoms with Crippen molar-refractivity contribution < 1.29 is 9.47 Å². The Morgan fingerprint density at radius 2 is 2.04 bits per heavy atom. The quantitative estimate of drug-likeness (QED) is 0.574. The molecule has 0 spiro atoms. The van der Waals surface area contributed by atoms with Crippen LogP contribution in [0.2, 0.25) is 5.02 Å². The summed E-state index contributed by atoms with van der Waals surface area (Å²) in [7, 11) is 0. The van der Waals surface area contributed by atoms with E-state index in [0.29, 0.717) is 27.5 Å². The first-order valence-corrected chi connectivity index (χ1v) is 8.01. The van der Waals surface area contributed by atoms with Gasteiger partial charge < -0.3 is 9.94 Å². The maximum atomic E-state index is 11.8. The van der Waals surface area contributed by atoms with E-state index in [0.717, 1.165) is 16.8 Å². The molecule has 2 aromatic heterocycles. The van der Waals surface area contributed by atoms with Gasteiger partial charge in [0.25, 0.3) is 5.56 Å². The Labute approximate surface area is 149 Å². The zero-order valence-corrected chi connectivity index (χ0v) is 14.5. The highest BCUT2D eigenvalue weighted by atomic mass is 35.5. The molecular weight excluding hydrogens is 342 g/mol. The normalized spacial score (nSPS) is 10.7. The van der Waals surface area contributed by atoms with Crippen LogP contribution >= 0.6 is 11.6 Å². The summed E-state index contributed by atoms with van der Waals surface area (Å²) in [5, 5.41) is 18.7. The molecule has 3 aromatic rings. The molecule has 2 heterocycles. The average Bonchev–Trinajstić information content (AvgIpc) is 2.57. The number of ether oxygens (including phenoxy) is 1. The number of nitrogens with zero attached hydrogens (tertiary/aromatic N) is 2. The largest absolute Gasteiger partial charge is 0.616 e. The van der Waals surface area contributed by atoms with Gasteiger partial charge in [0.1, 0.15) is 0 Å². The standard InChI is InChI=1S/C18H16ClN3O3/c1-11-5-6-22(24)17(7-11)25-16-10-13(3-4-15(16)19)9-14-8-12(2)18(23)21-20-14/h3-8,10H,9H2,1-2H3,(H,21,23). The van der Waals surface area contributed by atoms with Crippen LogP contribution in [-0.2, 0) is 6.42 Å². The Bertz CT molecular complexity index is 986. The summed E-state index contributed by atoms with van der Waals surface area (Å²) in [6.07, 6.45) is 1.88. The molecule has 0 saturated carbocycles. The van der Waals surface area contributed by atoms with E-state index in [1.807, 2.05) is 13.0 Å². The van der Waals surface area contributed by atoms with Gasteiger partial charge in [-0.2, -0.15) is 5.10 Å². The van der Waals surface area contributed by atoms with Crippen molar-refractivity contribution in [3.8, 4) is 11.6 Å². The van der Waals surface area contributed by atoms with E-state index in [2.05, 4.69) is 10.2 Å². The molecule has 0 aliphatic rings. The minimum absolute atomic E-state index is 0.150. The number of hydrogen-bond donors (Lipinski definition) is 1. The van der Waals surface area contributed by atoms with Crippen LogP contribution in [0.4, 0.5) is 0 Å². The van der Waals surface area contributed by atoms with Crippen LogP contribution in [0.5, 0.6) is 11.6 Å². The molecule has 0 aliphatic carbocycles. The van der Waals surface area contributed by atoms with Crippen LogP contribution in [0, 0.1) is 19.1 Å². The lowest BCUT2D eigenvalue weighted by atomic mass is 10.1. The fraction of sp³-hybridized carbons (Fsp3) is 0.167. The van der Waals surface area contributed by atoms with Crippen molar-refractivity contribution in [3.05, 3.63) is 85.6 Å². The number of aromatic nitrogens is 3. The van der Waals surface area contributed by atoms with Crippen LogP contribution in [0.15, 0.2) is 47.4 Å². The highest BCUT2D eigenvalue weighted by molar-refractivity contribution is 6.32. The fourth-order valence-corrected chi connectivity index (χ4v) is 2.50. The van der Waals surface area contributed by atoms with Gasteiger partial charge in [-0.15, -0.1) is 4.73 Å².